The average Bonchev–Trinajstić information content (AvgIpc) is 3.09. The molecule has 0 N–H and O–H groups in total. The fourth-order valence-electron chi connectivity index (χ4n) is 2.06. The average molecular weight is 471 g/mol. The zero-order valence-corrected chi connectivity index (χ0v) is 18.8. The van der Waals surface area contributed by atoms with E-state index in [9.17, 15) is 18.0 Å². The summed E-state index contributed by atoms with van der Waals surface area (Å²) in [6.45, 7) is -0.0698. The van der Waals surface area contributed by atoms with E-state index >= 15 is 0 Å². The van der Waals surface area contributed by atoms with Gasteiger partial charge in [0.25, 0.3) is 11.8 Å². The van der Waals surface area contributed by atoms with Gasteiger partial charge in [0, 0.05) is 36.1 Å². The van der Waals surface area contributed by atoms with E-state index in [-0.39, 0.29) is 18.2 Å². The largest absolute Gasteiger partial charge is 0.331 e. The lowest BCUT2D eigenvalue weighted by Crippen LogP contribution is -2.62. The number of carbonyl (C=O) groups is 2. The molecule has 2 rings (SSSR count). The molecule has 10 nitrogen and oxygen atoms in total. The molecule has 27 heavy (non-hydrogen) atoms. The van der Waals surface area contributed by atoms with Crippen molar-refractivity contribution in [3.8, 4) is 0 Å². The molecule has 1 aromatic heterocycles. The number of aromatic nitrogens is 2. The molecule has 1 aliphatic rings. The van der Waals surface area contributed by atoms with Gasteiger partial charge in [-0.25, -0.2) is 8.61 Å². The van der Waals surface area contributed by atoms with E-state index in [1.165, 1.54) is 35.3 Å². The van der Waals surface area contributed by atoms with Crippen LogP contribution in [0.15, 0.2) is 15.4 Å². The predicted octanol–water partition coefficient (Wildman–Crippen LogP) is 1.35. The van der Waals surface area contributed by atoms with Crippen LogP contribution in [0.3, 0.4) is 0 Å². The molecule has 0 saturated carbocycles. The van der Waals surface area contributed by atoms with Crippen molar-refractivity contribution in [1.29, 1.82) is 0 Å². The molecular formula is C12H18N6O4S5. The van der Waals surface area contributed by atoms with Gasteiger partial charge in [-0.05, 0) is 18.8 Å². The Balaban J connectivity index is 2.33. The zero-order valence-electron chi connectivity index (χ0n) is 14.8. The Bertz CT molecular complexity index is 779. The van der Waals surface area contributed by atoms with Gasteiger partial charge in [0.15, 0.2) is 0 Å². The molecule has 2 heterocycles. The van der Waals surface area contributed by atoms with Crippen LogP contribution < -0.4 is 0 Å². The van der Waals surface area contributed by atoms with Crippen LogP contribution in [0.25, 0.3) is 0 Å². The lowest BCUT2D eigenvalue weighted by molar-refractivity contribution is -0.140. The van der Waals surface area contributed by atoms with Crippen LogP contribution in [0.4, 0.5) is 5.13 Å². The summed E-state index contributed by atoms with van der Waals surface area (Å²) in [4.78, 5) is 29.4. The fraction of sp³-hybridized carbons (Fsp3) is 0.667. The van der Waals surface area contributed by atoms with Crippen LogP contribution in [-0.2, 0) is 19.8 Å². The highest BCUT2D eigenvalue weighted by molar-refractivity contribution is 7.99. The molecule has 1 aliphatic heterocycles. The Kier molecular flexibility index (Phi) is 8.33. The van der Waals surface area contributed by atoms with Gasteiger partial charge in [0.1, 0.15) is 0 Å². The van der Waals surface area contributed by atoms with Gasteiger partial charge in [-0.3, -0.25) is 9.59 Å². The van der Waals surface area contributed by atoms with Crippen LogP contribution in [0.1, 0.15) is 0 Å². The minimum absolute atomic E-state index is 0.0349. The molecule has 150 valence electrons. The number of hydrogen-bond donors (Lipinski definition) is 0. The molecule has 1 fully saturated rings. The minimum Gasteiger partial charge on any atom is -0.271 e. The van der Waals surface area contributed by atoms with Crippen LogP contribution in [-0.4, -0.2) is 87.6 Å². The van der Waals surface area contributed by atoms with Crippen LogP contribution >= 0.6 is 46.8 Å². The molecule has 0 atom stereocenters. The molecule has 2 amide bonds. The highest BCUT2D eigenvalue weighted by Gasteiger charge is 2.49. The van der Waals surface area contributed by atoms with Crippen molar-refractivity contribution in [3.63, 3.8) is 0 Å². The number of carbonyl (C=O) groups excluding carboxylic acids is 2. The highest BCUT2D eigenvalue weighted by Crippen LogP contribution is 2.25. The maximum atomic E-state index is 12.7. The normalized spacial score (nSPS) is 18.0. The second-order valence-electron chi connectivity index (χ2n) is 5.00. The standard InChI is InChI=1S/C12H18N6O4S5/c1-23-6-4-17-9(19)8(14-15-11-13-12(25-3)16-26-11)10(20)18(5-7-24-2)27(17,21)22/h8H,4-7H2,1-3H3. The van der Waals surface area contributed by atoms with Crippen LogP contribution in [0.5, 0.6) is 0 Å². The quantitative estimate of drug-likeness (QED) is 0.299. The third kappa shape index (κ3) is 5.13. The molecule has 1 saturated heterocycles. The van der Waals surface area contributed by atoms with Crippen molar-refractivity contribution in [2.45, 2.75) is 11.2 Å². The lowest BCUT2D eigenvalue weighted by Gasteiger charge is -2.36. The number of thioether (sulfide) groups is 3. The van der Waals surface area contributed by atoms with Gasteiger partial charge in [-0.1, -0.05) is 11.8 Å². The predicted molar refractivity (Wildman–Crippen MR) is 109 cm³/mol. The molecular weight excluding hydrogens is 453 g/mol. The van der Waals surface area contributed by atoms with E-state index in [0.717, 1.165) is 11.5 Å². The number of rotatable bonds is 9. The fourth-order valence-corrected chi connectivity index (χ4v) is 5.61. The van der Waals surface area contributed by atoms with Crippen molar-refractivity contribution >= 4 is 74.0 Å². The first kappa shape index (κ1) is 22.4. The van der Waals surface area contributed by atoms with E-state index in [4.69, 9.17) is 0 Å². The summed E-state index contributed by atoms with van der Waals surface area (Å²) >= 11 is 5.09. The van der Waals surface area contributed by atoms with E-state index in [1.54, 1.807) is 18.8 Å². The first-order valence-electron chi connectivity index (χ1n) is 7.51. The first-order chi connectivity index (χ1) is 12.9. The molecule has 0 aromatic carbocycles. The Labute approximate surface area is 174 Å². The van der Waals surface area contributed by atoms with E-state index < -0.39 is 28.1 Å². The summed E-state index contributed by atoms with van der Waals surface area (Å²) in [5.74, 6) is -0.972. The maximum absolute atomic E-state index is 12.7. The van der Waals surface area contributed by atoms with Gasteiger partial charge < -0.3 is 0 Å². The molecule has 0 unspecified atom stereocenters. The SMILES string of the molecule is CSCCN1C(=O)C(N=Nc2nc(SC)ns2)C(=O)N(CCSC)S1(=O)=O. The Morgan fingerprint density at radius 1 is 1.07 bits per heavy atom. The molecule has 0 bridgehead atoms. The van der Waals surface area contributed by atoms with Gasteiger partial charge >= 0.3 is 10.2 Å². The van der Waals surface area contributed by atoms with Crippen molar-refractivity contribution in [3.05, 3.63) is 0 Å². The van der Waals surface area contributed by atoms with Gasteiger partial charge in [-0.15, -0.1) is 5.11 Å². The Morgan fingerprint density at radius 3 is 2.07 bits per heavy atom. The molecule has 15 heteroatoms. The van der Waals surface area contributed by atoms with Gasteiger partial charge in [-0.2, -0.15) is 46.4 Å². The van der Waals surface area contributed by atoms with Gasteiger partial charge in [0.2, 0.25) is 16.3 Å². The van der Waals surface area contributed by atoms with Crippen molar-refractivity contribution in [2.24, 2.45) is 10.2 Å². The smallest absolute Gasteiger partial charge is 0.271 e. The summed E-state index contributed by atoms with van der Waals surface area (Å²) in [5, 5.41) is 8.34. The van der Waals surface area contributed by atoms with Crippen molar-refractivity contribution in [1.82, 2.24) is 18.0 Å². The number of nitrogens with zero attached hydrogens (tertiary/aromatic N) is 6. The third-order valence-corrected chi connectivity index (χ3v) is 7.64. The topological polar surface area (TPSA) is 125 Å². The monoisotopic (exact) mass is 470 g/mol. The Hall–Kier alpha value is -0.900. The lowest BCUT2D eigenvalue weighted by atomic mass is 10.2. The second kappa shape index (κ2) is 10.0. The molecule has 1 aromatic rings. The summed E-state index contributed by atoms with van der Waals surface area (Å²) in [6.07, 6.45) is 5.40. The van der Waals surface area contributed by atoms with Crippen LogP contribution in [0.2, 0.25) is 0 Å². The van der Waals surface area contributed by atoms with E-state index in [2.05, 4.69) is 19.6 Å². The highest BCUT2D eigenvalue weighted by atomic mass is 32.2. The summed E-state index contributed by atoms with van der Waals surface area (Å²) in [5.41, 5.74) is 0. The first-order valence-corrected chi connectivity index (χ1v) is 13.7. The third-order valence-electron chi connectivity index (χ3n) is 3.35. The van der Waals surface area contributed by atoms with E-state index in [1.807, 2.05) is 0 Å². The Morgan fingerprint density at radius 2 is 1.63 bits per heavy atom. The van der Waals surface area contributed by atoms with Crippen LogP contribution in [0, 0.1) is 0 Å². The van der Waals surface area contributed by atoms with E-state index in [0.29, 0.717) is 25.3 Å². The molecule has 0 radical (unpaired) electrons. The zero-order chi connectivity index (χ0) is 20.0. The minimum atomic E-state index is -4.21. The molecule has 0 aliphatic carbocycles. The summed E-state index contributed by atoms with van der Waals surface area (Å²) in [7, 11) is -4.21. The van der Waals surface area contributed by atoms with Gasteiger partial charge in [0.05, 0.1) is 0 Å². The number of hydrogen-bond acceptors (Lipinski definition) is 12. The second-order valence-corrected chi connectivity index (χ2v) is 10.2. The maximum Gasteiger partial charge on any atom is 0.331 e. The number of amides is 2. The number of azo groups is 1. The summed E-state index contributed by atoms with van der Waals surface area (Å²) in [6, 6.07) is -1.54. The summed E-state index contributed by atoms with van der Waals surface area (Å²) < 4.78 is 30.8. The van der Waals surface area contributed by atoms with Crippen molar-refractivity contribution < 1.29 is 18.0 Å². The molecule has 0 spiro atoms. The van der Waals surface area contributed by atoms with Crippen molar-refractivity contribution in [2.75, 3.05) is 43.4 Å².